The lowest BCUT2D eigenvalue weighted by molar-refractivity contribution is 0.214. The number of rotatable bonds is 5. The number of aromatic amines is 1. The van der Waals surface area contributed by atoms with Crippen LogP contribution in [0, 0.1) is 28.6 Å². The SMILES string of the molecule is CC1C=C(c2ccc(-c3nc4ccc(C#N)cc4[nH]3)cc2)C(OCc2ccccc2)=C=C1C#N. The molecule has 1 aliphatic rings. The second kappa shape index (κ2) is 8.96. The van der Waals surface area contributed by atoms with E-state index in [1.807, 2.05) is 67.6 Å². The molecule has 162 valence electrons. The molecule has 1 N–H and O–H groups in total. The first kappa shape index (κ1) is 21.0. The Balaban J connectivity index is 1.45. The third-order valence-corrected chi connectivity index (χ3v) is 5.79. The van der Waals surface area contributed by atoms with Crippen molar-refractivity contribution in [1.82, 2.24) is 9.97 Å². The molecule has 0 fully saturated rings. The lowest BCUT2D eigenvalue weighted by Crippen LogP contribution is -2.05. The van der Waals surface area contributed by atoms with Gasteiger partial charge in [-0.1, -0.05) is 73.3 Å². The minimum atomic E-state index is -0.0477. The first-order valence-electron chi connectivity index (χ1n) is 10.9. The molecule has 0 spiro atoms. The van der Waals surface area contributed by atoms with Gasteiger partial charge in [-0.3, -0.25) is 0 Å². The van der Waals surface area contributed by atoms with Crippen LogP contribution >= 0.6 is 0 Å². The molecule has 5 nitrogen and oxygen atoms in total. The van der Waals surface area contributed by atoms with Gasteiger partial charge in [-0.15, -0.1) is 0 Å². The summed E-state index contributed by atoms with van der Waals surface area (Å²) in [5.74, 6) is 1.26. The van der Waals surface area contributed by atoms with Gasteiger partial charge >= 0.3 is 0 Å². The van der Waals surface area contributed by atoms with Crippen LogP contribution in [0.25, 0.3) is 28.0 Å². The fraction of sp³-hybridized carbons (Fsp3) is 0.103. The molecule has 3 aromatic carbocycles. The number of nitrogens with one attached hydrogen (secondary N) is 1. The Kier molecular flexibility index (Phi) is 5.55. The monoisotopic (exact) mass is 440 g/mol. The van der Waals surface area contributed by atoms with Crippen LogP contribution in [0.15, 0.2) is 95.9 Å². The summed E-state index contributed by atoms with van der Waals surface area (Å²) in [6, 6.07) is 27.8. The number of ether oxygens (including phenoxy) is 1. The van der Waals surface area contributed by atoms with Crippen LogP contribution in [0.1, 0.15) is 23.6 Å². The van der Waals surface area contributed by atoms with Crippen molar-refractivity contribution >= 4 is 16.6 Å². The van der Waals surface area contributed by atoms with Crippen LogP contribution in [-0.4, -0.2) is 9.97 Å². The highest BCUT2D eigenvalue weighted by molar-refractivity contribution is 5.82. The van der Waals surface area contributed by atoms with Gasteiger partial charge in [-0.2, -0.15) is 10.5 Å². The van der Waals surface area contributed by atoms with Gasteiger partial charge in [-0.05, 0) is 29.3 Å². The normalized spacial score (nSPS) is 15.0. The lowest BCUT2D eigenvalue weighted by Gasteiger charge is -2.18. The molecule has 0 bridgehead atoms. The van der Waals surface area contributed by atoms with E-state index in [9.17, 15) is 5.26 Å². The summed E-state index contributed by atoms with van der Waals surface area (Å²) < 4.78 is 6.11. The van der Waals surface area contributed by atoms with Gasteiger partial charge in [0.15, 0.2) is 5.76 Å². The molecular formula is C29H20N4O. The maximum absolute atomic E-state index is 9.50. The largest absolute Gasteiger partial charge is 0.481 e. The molecule has 34 heavy (non-hydrogen) atoms. The van der Waals surface area contributed by atoms with E-state index in [1.54, 1.807) is 12.1 Å². The van der Waals surface area contributed by atoms with Gasteiger partial charge in [0.2, 0.25) is 0 Å². The van der Waals surface area contributed by atoms with Crippen molar-refractivity contribution in [2.24, 2.45) is 5.92 Å². The van der Waals surface area contributed by atoms with E-state index in [2.05, 4.69) is 33.9 Å². The predicted octanol–water partition coefficient (Wildman–Crippen LogP) is 6.28. The molecule has 0 radical (unpaired) electrons. The summed E-state index contributed by atoms with van der Waals surface area (Å²) in [5.41, 5.74) is 9.86. The zero-order chi connectivity index (χ0) is 23.5. The number of H-pyrrole nitrogens is 1. The molecule has 1 unspecified atom stereocenters. The molecule has 1 heterocycles. The zero-order valence-electron chi connectivity index (χ0n) is 18.5. The van der Waals surface area contributed by atoms with E-state index in [-0.39, 0.29) is 5.92 Å². The summed E-state index contributed by atoms with van der Waals surface area (Å²) in [7, 11) is 0. The summed E-state index contributed by atoms with van der Waals surface area (Å²) in [5, 5.41) is 18.6. The first-order chi connectivity index (χ1) is 16.6. The van der Waals surface area contributed by atoms with Crippen LogP contribution in [0.2, 0.25) is 0 Å². The van der Waals surface area contributed by atoms with E-state index in [0.717, 1.165) is 39.1 Å². The van der Waals surface area contributed by atoms with Crippen molar-refractivity contribution in [1.29, 1.82) is 10.5 Å². The molecule has 0 saturated carbocycles. The van der Waals surface area contributed by atoms with Gasteiger partial charge in [0.05, 0.1) is 28.2 Å². The summed E-state index contributed by atoms with van der Waals surface area (Å²) >= 11 is 0. The van der Waals surface area contributed by atoms with Gasteiger partial charge in [0.25, 0.3) is 0 Å². The third-order valence-electron chi connectivity index (χ3n) is 5.79. The number of fused-ring (bicyclic) bond motifs is 1. The Labute approximate surface area is 197 Å². The zero-order valence-corrected chi connectivity index (χ0v) is 18.5. The maximum Gasteiger partial charge on any atom is 0.171 e. The molecule has 5 rings (SSSR count). The second-order valence-electron chi connectivity index (χ2n) is 8.13. The number of aromatic nitrogens is 2. The number of hydrogen-bond acceptors (Lipinski definition) is 4. The Morgan fingerprint density at radius 2 is 1.74 bits per heavy atom. The Bertz CT molecular complexity index is 1550. The average molecular weight is 441 g/mol. The van der Waals surface area contributed by atoms with Crippen molar-refractivity contribution in [2.75, 3.05) is 0 Å². The number of hydrogen-bond donors (Lipinski definition) is 1. The van der Waals surface area contributed by atoms with E-state index >= 15 is 0 Å². The van der Waals surface area contributed by atoms with Crippen molar-refractivity contribution in [3.05, 3.63) is 113 Å². The van der Waals surface area contributed by atoms with Crippen LogP contribution in [0.3, 0.4) is 0 Å². The van der Waals surface area contributed by atoms with E-state index < -0.39 is 0 Å². The van der Waals surface area contributed by atoms with E-state index in [0.29, 0.717) is 23.5 Å². The summed E-state index contributed by atoms with van der Waals surface area (Å²) in [6.45, 7) is 2.38. The summed E-state index contributed by atoms with van der Waals surface area (Å²) in [4.78, 5) is 7.95. The minimum absolute atomic E-state index is 0.0477. The van der Waals surface area contributed by atoms with Gasteiger partial charge in [0, 0.05) is 17.1 Å². The van der Waals surface area contributed by atoms with Crippen molar-refractivity contribution in [3.63, 3.8) is 0 Å². The topological polar surface area (TPSA) is 85.5 Å². The first-order valence-corrected chi connectivity index (χ1v) is 10.9. The fourth-order valence-electron chi connectivity index (χ4n) is 3.94. The molecule has 1 atom stereocenters. The Hall–Kier alpha value is -4.83. The smallest absolute Gasteiger partial charge is 0.171 e. The summed E-state index contributed by atoms with van der Waals surface area (Å²) in [6.07, 6.45) is 2.05. The van der Waals surface area contributed by atoms with E-state index in [4.69, 9.17) is 10.00 Å². The highest BCUT2D eigenvalue weighted by Crippen LogP contribution is 2.33. The van der Waals surface area contributed by atoms with Gasteiger partial charge in [-0.25, -0.2) is 4.98 Å². The van der Waals surface area contributed by atoms with Crippen molar-refractivity contribution in [2.45, 2.75) is 13.5 Å². The predicted molar refractivity (Wildman–Crippen MR) is 131 cm³/mol. The Morgan fingerprint density at radius 3 is 2.47 bits per heavy atom. The molecule has 1 aliphatic carbocycles. The number of allylic oxidation sites excluding steroid dienone is 2. The number of nitriles is 2. The van der Waals surface area contributed by atoms with Crippen LogP contribution in [0.5, 0.6) is 0 Å². The number of benzene rings is 3. The quantitative estimate of drug-likeness (QED) is 0.370. The van der Waals surface area contributed by atoms with Crippen LogP contribution in [-0.2, 0) is 11.3 Å². The number of imidazole rings is 1. The molecule has 5 heteroatoms. The van der Waals surface area contributed by atoms with Crippen LogP contribution in [0.4, 0.5) is 0 Å². The maximum atomic E-state index is 9.50. The van der Waals surface area contributed by atoms with E-state index in [1.165, 1.54) is 0 Å². The lowest BCUT2D eigenvalue weighted by atomic mass is 9.90. The molecule has 1 aromatic heterocycles. The van der Waals surface area contributed by atoms with Gasteiger partial charge in [0.1, 0.15) is 18.5 Å². The van der Waals surface area contributed by atoms with Gasteiger partial charge < -0.3 is 9.72 Å². The van der Waals surface area contributed by atoms with Crippen molar-refractivity contribution < 1.29 is 4.74 Å². The molecule has 0 saturated heterocycles. The number of nitrogens with zero attached hydrogens (tertiary/aromatic N) is 3. The average Bonchev–Trinajstić information content (AvgIpc) is 3.32. The molecule has 0 amide bonds. The second-order valence-corrected chi connectivity index (χ2v) is 8.13. The third kappa shape index (κ3) is 4.12. The Morgan fingerprint density at radius 1 is 0.971 bits per heavy atom. The molecule has 0 aliphatic heterocycles. The highest BCUT2D eigenvalue weighted by Gasteiger charge is 2.19. The minimum Gasteiger partial charge on any atom is -0.481 e. The van der Waals surface area contributed by atoms with Crippen LogP contribution < -0.4 is 0 Å². The fourth-order valence-corrected chi connectivity index (χ4v) is 3.94. The molecular weight excluding hydrogens is 420 g/mol. The van der Waals surface area contributed by atoms with Crippen molar-refractivity contribution in [3.8, 4) is 23.5 Å². The standard InChI is InChI=1S/C29H20N4O/c1-19-13-25(28(15-24(19)17-31)34-18-20-5-3-2-4-6-20)22-8-10-23(11-9-22)29-32-26-12-7-21(16-30)14-27(26)33-29/h2-14,19H,18H2,1H3,(H,32,33). The highest BCUT2D eigenvalue weighted by atomic mass is 16.5. The molecule has 4 aromatic rings.